The highest BCUT2D eigenvalue weighted by Gasteiger charge is 2.23. The van der Waals surface area contributed by atoms with Crippen LogP contribution in [0.4, 0.5) is 0 Å². The molecule has 1 aliphatic rings. The molecule has 120 valence electrons. The number of hydrogen-bond donors (Lipinski definition) is 1. The first kappa shape index (κ1) is 18.6. The zero-order chi connectivity index (χ0) is 14.7. The van der Waals surface area contributed by atoms with Crippen LogP contribution < -0.4 is 5.73 Å². The molecule has 5 nitrogen and oxygen atoms in total. The fraction of sp³-hybridized carbons (Fsp3) is 0.714. The van der Waals surface area contributed by atoms with E-state index in [2.05, 4.69) is 41.0 Å². The van der Waals surface area contributed by atoms with E-state index >= 15 is 0 Å². The quantitative estimate of drug-likeness (QED) is 0.460. The minimum absolute atomic E-state index is 0. The summed E-state index contributed by atoms with van der Waals surface area (Å²) in [5.74, 6) is 0.926. The van der Waals surface area contributed by atoms with Gasteiger partial charge < -0.3 is 15.4 Å². The van der Waals surface area contributed by atoms with Crippen LogP contribution in [0.5, 0.6) is 0 Å². The van der Waals surface area contributed by atoms with Crippen molar-refractivity contribution in [3.8, 4) is 0 Å². The first-order valence-corrected chi connectivity index (χ1v) is 7.96. The molecule has 1 aliphatic heterocycles. The monoisotopic (exact) mass is 424 g/mol. The van der Waals surface area contributed by atoms with Gasteiger partial charge in [-0.1, -0.05) is 6.92 Å². The van der Waals surface area contributed by atoms with Gasteiger partial charge in [0.2, 0.25) is 0 Å². The summed E-state index contributed by atoms with van der Waals surface area (Å²) in [6.45, 7) is 10.6. The molecule has 2 rings (SSSR count). The molecule has 1 aromatic rings. The second kappa shape index (κ2) is 8.28. The van der Waals surface area contributed by atoms with Crippen molar-refractivity contribution in [2.45, 2.75) is 45.8 Å². The Morgan fingerprint density at radius 2 is 2.14 bits per heavy atom. The maximum absolute atomic E-state index is 6.11. The van der Waals surface area contributed by atoms with Gasteiger partial charge in [0.1, 0.15) is 0 Å². The van der Waals surface area contributed by atoms with Crippen molar-refractivity contribution in [1.29, 1.82) is 0 Å². The van der Waals surface area contributed by atoms with Crippen molar-refractivity contribution < 1.29 is 4.74 Å². The van der Waals surface area contributed by atoms with E-state index in [1.807, 2.05) is 6.92 Å². The zero-order valence-corrected chi connectivity index (χ0v) is 16.2. The van der Waals surface area contributed by atoms with E-state index in [9.17, 15) is 0 Å². The highest BCUT2D eigenvalue weighted by Crippen LogP contribution is 2.20. The van der Waals surface area contributed by atoms with E-state index in [1.165, 1.54) is 0 Å². The van der Waals surface area contributed by atoms with E-state index in [-0.39, 0.29) is 36.2 Å². The van der Waals surface area contributed by atoms with Crippen LogP contribution in [0.25, 0.3) is 0 Å². The second-order valence-electron chi connectivity index (χ2n) is 5.59. The van der Waals surface area contributed by atoms with Gasteiger partial charge in [0.25, 0.3) is 0 Å². The topological polar surface area (TPSA) is 63.7 Å². The molecule has 0 aromatic carbocycles. The number of rotatable bonds is 3. The fourth-order valence-corrected chi connectivity index (χ4v) is 3.22. The van der Waals surface area contributed by atoms with Crippen molar-refractivity contribution >= 4 is 41.3 Å². The van der Waals surface area contributed by atoms with E-state index in [1.54, 1.807) is 11.3 Å². The number of morpholine rings is 1. The van der Waals surface area contributed by atoms with Crippen molar-refractivity contribution in [2.75, 3.05) is 19.6 Å². The SMILES string of the molecule is Cc1csc(C(C)CN=C(N)N2C[C@@H](C)O[C@@H](C)C2)n1.I. The summed E-state index contributed by atoms with van der Waals surface area (Å²) in [5, 5.41) is 3.20. The van der Waals surface area contributed by atoms with Crippen LogP contribution in [0.1, 0.15) is 37.4 Å². The van der Waals surface area contributed by atoms with Gasteiger partial charge in [-0.3, -0.25) is 4.99 Å². The lowest BCUT2D eigenvalue weighted by molar-refractivity contribution is -0.0484. The van der Waals surface area contributed by atoms with E-state index in [0.717, 1.165) is 23.8 Å². The third-order valence-electron chi connectivity index (χ3n) is 3.33. The minimum atomic E-state index is 0. The lowest BCUT2D eigenvalue weighted by atomic mass is 10.2. The highest BCUT2D eigenvalue weighted by atomic mass is 127. The zero-order valence-electron chi connectivity index (χ0n) is 13.1. The summed E-state index contributed by atoms with van der Waals surface area (Å²) in [6, 6.07) is 0. The average molecular weight is 424 g/mol. The fourth-order valence-electron chi connectivity index (χ4n) is 2.37. The maximum Gasteiger partial charge on any atom is 0.191 e. The molecule has 21 heavy (non-hydrogen) atoms. The molecule has 0 spiro atoms. The van der Waals surface area contributed by atoms with Crippen LogP contribution in [0.3, 0.4) is 0 Å². The first-order valence-electron chi connectivity index (χ1n) is 7.08. The summed E-state index contributed by atoms with van der Waals surface area (Å²) < 4.78 is 5.70. The molecule has 2 heterocycles. The molecule has 0 bridgehead atoms. The molecule has 1 saturated heterocycles. The highest BCUT2D eigenvalue weighted by molar-refractivity contribution is 14.0. The molecular weight excluding hydrogens is 399 g/mol. The Kier molecular flexibility index (Phi) is 7.35. The number of thiazole rings is 1. The molecule has 1 aromatic heterocycles. The van der Waals surface area contributed by atoms with Gasteiger partial charge in [-0.25, -0.2) is 4.98 Å². The Hall–Kier alpha value is -0.410. The van der Waals surface area contributed by atoms with Crippen molar-refractivity contribution in [1.82, 2.24) is 9.88 Å². The van der Waals surface area contributed by atoms with Crippen LogP contribution in [0.2, 0.25) is 0 Å². The third kappa shape index (κ3) is 5.37. The van der Waals surface area contributed by atoms with Gasteiger partial charge in [-0.2, -0.15) is 0 Å². The Bertz CT molecular complexity index is 469. The summed E-state index contributed by atoms with van der Waals surface area (Å²) in [7, 11) is 0. The number of guanidine groups is 1. The molecule has 2 N–H and O–H groups in total. The van der Waals surface area contributed by atoms with Gasteiger partial charge >= 0.3 is 0 Å². The van der Waals surface area contributed by atoms with Gasteiger partial charge in [-0.05, 0) is 20.8 Å². The number of aliphatic imine (C=N–C) groups is 1. The molecule has 1 fully saturated rings. The molecule has 7 heteroatoms. The third-order valence-corrected chi connectivity index (χ3v) is 4.52. The number of aryl methyl sites for hydroxylation is 1. The summed E-state index contributed by atoms with van der Waals surface area (Å²) in [4.78, 5) is 11.1. The normalized spacial score (nSPS) is 24.6. The Morgan fingerprint density at radius 3 is 2.67 bits per heavy atom. The van der Waals surface area contributed by atoms with Crippen molar-refractivity contribution in [2.24, 2.45) is 10.7 Å². The van der Waals surface area contributed by atoms with Crippen molar-refractivity contribution in [3.05, 3.63) is 16.1 Å². The molecular formula is C14H25IN4OS. The predicted molar refractivity (Wildman–Crippen MR) is 98.8 cm³/mol. The lowest BCUT2D eigenvalue weighted by Crippen LogP contribution is -2.51. The molecule has 0 radical (unpaired) electrons. The van der Waals surface area contributed by atoms with Gasteiger partial charge in [0, 0.05) is 30.1 Å². The maximum atomic E-state index is 6.11. The Balaban J connectivity index is 0.00000220. The predicted octanol–water partition coefficient (Wildman–Crippen LogP) is 2.60. The number of halogens is 1. The van der Waals surface area contributed by atoms with E-state index in [0.29, 0.717) is 18.4 Å². The van der Waals surface area contributed by atoms with Crippen LogP contribution in [0, 0.1) is 6.92 Å². The number of nitrogens with two attached hydrogens (primary N) is 1. The molecule has 1 unspecified atom stereocenters. The van der Waals surface area contributed by atoms with Crippen LogP contribution >= 0.6 is 35.3 Å². The first-order chi connectivity index (χ1) is 9.45. The molecule has 0 amide bonds. The number of hydrogen-bond acceptors (Lipinski definition) is 4. The second-order valence-corrected chi connectivity index (χ2v) is 6.48. The minimum Gasteiger partial charge on any atom is -0.372 e. The van der Waals surface area contributed by atoms with Crippen LogP contribution in [-0.4, -0.2) is 47.7 Å². The number of nitrogens with zero attached hydrogens (tertiary/aromatic N) is 3. The standard InChI is InChI=1S/C14H24N4OS.HI/c1-9(13-17-10(2)8-20-13)5-16-14(15)18-6-11(3)19-12(4)7-18;/h8-9,11-12H,5-7H2,1-4H3,(H2,15,16);1H/t9?,11-,12+;. The van der Waals surface area contributed by atoms with E-state index < -0.39 is 0 Å². The lowest BCUT2D eigenvalue weighted by Gasteiger charge is -2.36. The summed E-state index contributed by atoms with van der Waals surface area (Å²) in [5.41, 5.74) is 7.18. The Morgan fingerprint density at radius 1 is 1.52 bits per heavy atom. The molecule has 0 saturated carbocycles. The molecule has 0 aliphatic carbocycles. The van der Waals surface area contributed by atoms with Gasteiger partial charge in [0.15, 0.2) is 5.96 Å². The van der Waals surface area contributed by atoms with Gasteiger partial charge in [0.05, 0.1) is 23.8 Å². The van der Waals surface area contributed by atoms with Crippen molar-refractivity contribution in [3.63, 3.8) is 0 Å². The Labute approximate surface area is 148 Å². The molecule has 3 atom stereocenters. The van der Waals surface area contributed by atoms with Gasteiger partial charge in [-0.15, -0.1) is 35.3 Å². The number of ether oxygens (including phenoxy) is 1. The smallest absolute Gasteiger partial charge is 0.191 e. The average Bonchev–Trinajstić information content (AvgIpc) is 2.81. The summed E-state index contributed by atoms with van der Waals surface area (Å²) in [6.07, 6.45) is 0.401. The summed E-state index contributed by atoms with van der Waals surface area (Å²) >= 11 is 1.69. The largest absolute Gasteiger partial charge is 0.372 e. The van der Waals surface area contributed by atoms with E-state index in [4.69, 9.17) is 10.5 Å². The van der Waals surface area contributed by atoms with Crippen LogP contribution in [-0.2, 0) is 4.74 Å². The van der Waals surface area contributed by atoms with Crippen LogP contribution in [0.15, 0.2) is 10.4 Å². The number of aromatic nitrogens is 1.